The molecule has 23 heavy (non-hydrogen) atoms. The Morgan fingerprint density at radius 2 is 1.78 bits per heavy atom. The molecular formula is C19H34O4. The van der Waals surface area contributed by atoms with Crippen molar-refractivity contribution in [2.45, 2.75) is 89.4 Å². The van der Waals surface area contributed by atoms with Crippen molar-refractivity contribution >= 4 is 0 Å². The molecule has 3 atom stereocenters. The number of ether oxygens (including phenoxy) is 3. The lowest BCUT2D eigenvalue weighted by Crippen LogP contribution is -2.30. The van der Waals surface area contributed by atoms with Crippen LogP contribution in [-0.2, 0) is 14.2 Å². The van der Waals surface area contributed by atoms with Gasteiger partial charge in [0.2, 0.25) is 0 Å². The summed E-state index contributed by atoms with van der Waals surface area (Å²) in [6, 6.07) is 0. The molecule has 0 radical (unpaired) electrons. The Kier molecular flexibility index (Phi) is 12.3. The van der Waals surface area contributed by atoms with Gasteiger partial charge in [0, 0.05) is 20.0 Å². The van der Waals surface area contributed by atoms with Crippen LogP contribution in [0.3, 0.4) is 0 Å². The van der Waals surface area contributed by atoms with Gasteiger partial charge < -0.3 is 19.3 Å². The van der Waals surface area contributed by atoms with Gasteiger partial charge in [-0.25, -0.2) is 0 Å². The summed E-state index contributed by atoms with van der Waals surface area (Å²) >= 11 is 0. The summed E-state index contributed by atoms with van der Waals surface area (Å²) in [6.07, 6.45) is 10.5. The maximum atomic E-state index is 9.95. The molecule has 0 bridgehead atoms. The van der Waals surface area contributed by atoms with Gasteiger partial charge in [-0.2, -0.15) is 0 Å². The van der Waals surface area contributed by atoms with Gasteiger partial charge in [0.05, 0.1) is 24.9 Å². The molecule has 0 aromatic rings. The van der Waals surface area contributed by atoms with Crippen LogP contribution >= 0.6 is 0 Å². The number of unbranched alkanes of at least 4 members (excludes halogenated alkanes) is 5. The molecule has 1 fully saturated rings. The highest BCUT2D eigenvalue weighted by Crippen LogP contribution is 2.25. The number of methoxy groups -OCH3 is 1. The van der Waals surface area contributed by atoms with Crippen molar-refractivity contribution in [1.29, 1.82) is 0 Å². The summed E-state index contributed by atoms with van der Waals surface area (Å²) in [5, 5.41) is 9.95. The Hall–Kier alpha value is -0.600. The third kappa shape index (κ3) is 9.99. The molecule has 0 heterocycles. The fourth-order valence-electron chi connectivity index (χ4n) is 2.82. The first-order chi connectivity index (χ1) is 11.3. The van der Waals surface area contributed by atoms with Crippen molar-refractivity contribution in [3.63, 3.8) is 0 Å². The Balaban J connectivity index is 2.06. The van der Waals surface area contributed by atoms with Crippen LogP contribution in [0.15, 0.2) is 0 Å². The molecule has 0 aliphatic heterocycles. The van der Waals surface area contributed by atoms with E-state index < -0.39 is 6.10 Å². The molecule has 0 unspecified atom stereocenters. The number of rotatable bonds is 12. The predicted molar refractivity (Wildman–Crippen MR) is 92.1 cm³/mol. The van der Waals surface area contributed by atoms with Crippen LogP contribution < -0.4 is 0 Å². The minimum atomic E-state index is -0.508. The second-order valence-corrected chi connectivity index (χ2v) is 6.29. The van der Waals surface area contributed by atoms with E-state index in [1.54, 1.807) is 7.11 Å². The molecule has 1 N–H and O–H groups in total. The van der Waals surface area contributed by atoms with E-state index in [9.17, 15) is 5.11 Å². The summed E-state index contributed by atoms with van der Waals surface area (Å²) in [5.41, 5.74) is 0. The van der Waals surface area contributed by atoms with Crippen molar-refractivity contribution < 1.29 is 19.3 Å². The normalized spacial score (nSPS) is 21.9. The average Bonchev–Trinajstić information content (AvgIpc) is 3.01. The highest BCUT2D eigenvalue weighted by atomic mass is 16.7. The lowest BCUT2D eigenvalue weighted by atomic mass is 10.1. The van der Waals surface area contributed by atoms with Gasteiger partial charge in [0.25, 0.3) is 0 Å². The Labute approximate surface area is 141 Å². The van der Waals surface area contributed by atoms with Gasteiger partial charge in [-0.1, -0.05) is 32.6 Å². The molecule has 0 spiro atoms. The van der Waals surface area contributed by atoms with Gasteiger partial charge >= 0.3 is 0 Å². The summed E-state index contributed by atoms with van der Waals surface area (Å²) < 4.78 is 16.3. The molecular weight excluding hydrogens is 292 g/mol. The van der Waals surface area contributed by atoms with E-state index in [-0.39, 0.29) is 12.2 Å². The van der Waals surface area contributed by atoms with Gasteiger partial charge in [-0.15, -0.1) is 11.8 Å². The van der Waals surface area contributed by atoms with Gasteiger partial charge in [0.1, 0.15) is 6.79 Å². The van der Waals surface area contributed by atoms with Gasteiger partial charge in [0.15, 0.2) is 0 Å². The molecule has 0 aromatic carbocycles. The molecule has 0 saturated heterocycles. The first-order valence-electron chi connectivity index (χ1n) is 9.13. The maximum Gasteiger partial charge on any atom is 0.146 e. The van der Waals surface area contributed by atoms with Crippen LogP contribution in [0.25, 0.3) is 0 Å². The van der Waals surface area contributed by atoms with Crippen LogP contribution in [0.2, 0.25) is 0 Å². The summed E-state index contributed by atoms with van der Waals surface area (Å²) in [7, 11) is 1.62. The van der Waals surface area contributed by atoms with E-state index >= 15 is 0 Å². The highest BCUT2D eigenvalue weighted by Gasteiger charge is 2.29. The van der Waals surface area contributed by atoms with Crippen LogP contribution in [0, 0.1) is 11.8 Å². The molecule has 1 saturated carbocycles. The standard InChI is InChI=1S/C19H34O4/c1-3-4-5-6-7-8-9-10-12-17(20)15-22-18-13-11-14-19(18)23-16-21-2/h17-20H,3-8,11-16H2,1-2H3/t17-,18+,19-/m1/s1. The monoisotopic (exact) mass is 326 g/mol. The SMILES string of the molecule is CCCCCCCC#CC[C@@H](O)CO[C@H]1CCC[C@H]1OCOC. The molecule has 4 nitrogen and oxygen atoms in total. The lowest BCUT2D eigenvalue weighted by Gasteiger charge is -2.21. The third-order valence-electron chi connectivity index (χ3n) is 4.16. The van der Waals surface area contributed by atoms with Crippen molar-refractivity contribution in [3.05, 3.63) is 0 Å². The molecule has 0 amide bonds. The van der Waals surface area contributed by atoms with Crippen molar-refractivity contribution in [1.82, 2.24) is 0 Å². The Morgan fingerprint density at radius 3 is 2.52 bits per heavy atom. The van der Waals surface area contributed by atoms with Gasteiger partial charge in [-0.05, 0) is 25.7 Å². The van der Waals surface area contributed by atoms with E-state index in [4.69, 9.17) is 14.2 Å². The first-order valence-corrected chi connectivity index (χ1v) is 9.13. The fraction of sp³-hybridized carbons (Fsp3) is 0.895. The second kappa shape index (κ2) is 13.8. The Bertz CT molecular complexity index is 334. The van der Waals surface area contributed by atoms with Crippen LogP contribution in [0.5, 0.6) is 0 Å². The predicted octanol–water partition coefficient (Wildman–Crippen LogP) is 3.66. The minimum absolute atomic E-state index is 0.0753. The fourth-order valence-corrected chi connectivity index (χ4v) is 2.82. The van der Waals surface area contributed by atoms with Crippen molar-refractivity contribution in [3.8, 4) is 11.8 Å². The second-order valence-electron chi connectivity index (χ2n) is 6.29. The van der Waals surface area contributed by atoms with Crippen molar-refractivity contribution in [2.24, 2.45) is 0 Å². The summed E-state index contributed by atoms with van der Waals surface area (Å²) in [5.74, 6) is 6.22. The van der Waals surface area contributed by atoms with Crippen LogP contribution in [0.1, 0.15) is 71.1 Å². The maximum absolute atomic E-state index is 9.95. The summed E-state index contributed by atoms with van der Waals surface area (Å²) in [4.78, 5) is 0. The number of aliphatic hydroxyl groups is 1. The van der Waals surface area contributed by atoms with E-state index in [2.05, 4.69) is 18.8 Å². The Morgan fingerprint density at radius 1 is 1.04 bits per heavy atom. The number of hydrogen-bond acceptors (Lipinski definition) is 4. The molecule has 1 aliphatic rings. The van der Waals surface area contributed by atoms with E-state index in [0.29, 0.717) is 19.8 Å². The molecule has 134 valence electrons. The number of hydrogen-bond donors (Lipinski definition) is 1. The lowest BCUT2D eigenvalue weighted by molar-refractivity contribution is -0.124. The highest BCUT2D eigenvalue weighted by molar-refractivity contribution is 5.00. The minimum Gasteiger partial charge on any atom is -0.390 e. The summed E-state index contributed by atoms with van der Waals surface area (Å²) in [6.45, 7) is 2.86. The quantitative estimate of drug-likeness (QED) is 0.338. The zero-order valence-electron chi connectivity index (χ0n) is 14.9. The third-order valence-corrected chi connectivity index (χ3v) is 4.16. The molecule has 4 heteroatoms. The first kappa shape index (κ1) is 20.4. The van der Waals surface area contributed by atoms with Gasteiger partial charge in [-0.3, -0.25) is 0 Å². The van der Waals surface area contributed by atoms with E-state index in [1.807, 2.05) is 0 Å². The molecule has 0 aromatic heterocycles. The zero-order chi connectivity index (χ0) is 16.8. The van der Waals surface area contributed by atoms with Crippen LogP contribution in [-0.4, -0.2) is 43.9 Å². The zero-order valence-corrected chi connectivity index (χ0v) is 14.9. The average molecular weight is 326 g/mol. The molecule has 1 rings (SSSR count). The smallest absolute Gasteiger partial charge is 0.146 e. The van der Waals surface area contributed by atoms with E-state index in [0.717, 1.165) is 25.7 Å². The van der Waals surface area contributed by atoms with Crippen molar-refractivity contribution in [2.75, 3.05) is 20.5 Å². The molecule has 1 aliphatic carbocycles. The largest absolute Gasteiger partial charge is 0.390 e. The van der Waals surface area contributed by atoms with Crippen LogP contribution in [0.4, 0.5) is 0 Å². The topological polar surface area (TPSA) is 47.9 Å². The number of aliphatic hydroxyl groups excluding tert-OH is 1. The van der Waals surface area contributed by atoms with E-state index in [1.165, 1.54) is 32.1 Å².